The summed E-state index contributed by atoms with van der Waals surface area (Å²) in [6.07, 6.45) is 2.85. The van der Waals surface area contributed by atoms with E-state index in [2.05, 4.69) is 0 Å². The molecule has 2 aliphatic rings. The first-order valence-corrected chi connectivity index (χ1v) is 4.08. The number of Topliss-reactive ketones (excluding diaryl/α,β-unsaturated/α-hetero) is 1. The van der Waals surface area contributed by atoms with E-state index in [4.69, 9.17) is 0 Å². The predicted octanol–water partition coefficient (Wildman–Crippen LogP) is 0.340. The molecule has 0 saturated carbocycles. The minimum absolute atomic E-state index is 0.0451. The zero-order valence-electron chi connectivity index (χ0n) is 6.38. The van der Waals surface area contributed by atoms with Crippen molar-refractivity contribution < 1.29 is 9.59 Å². The molecule has 11 heavy (non-hydrogen) atoms. The number of amides is 1. The average molecular weight is 153 g/mol. The number of piperidine rings is 1. The highest BCUT2D eigenvalue weighted by Crippen LogP contribution is 2.25. The van der Waals surface area contributed by atoms with Gasteiger partial charge in [-0.1, -0.05) is 0 Å². The Balaban J connectivity index is 2.16. The van der Waals surface area contributed by atoms with Crippen LogP contribution in [-0.2, 0) is 9.59 Å². The molecule has 0 aromatic carbocycles. The Labute approximate surface area is 65.4 Å². The topological polar surface area (TPSA) is 37.4 Å². The van der Waals surface area contributed by atoms with Crippen LogP contribution >= 0.6 is 0 Å². The van der Waals surface area contributed by atoms with E-state index in [0.29, 0.717) is 6.42 Å². The molecular formula is C8H11NO2. The Hall–Kier alpha value is -0.860. The van der Waals surface area contributed by atoms with Gasteiger partial charge < -0.3 is 4.90 Å². The van der Waals surface area contributed by atoms with Crippen LogP contribution in [0.25, 0.3) is 0 Å². The number of rotatable bonds is 0. The van der Waals surface area contributed by atoms with Gasteiger partial charge in [0.1, 0.15) is 5.78 Å². The van der Waals surface area contributed by atoms with Crippen molar-refractivity contribution in [2.45, 2.75) is 31.7 Å². The maximum Gasteiger partial charge on any atom is 0.230 e. The van der Waals surface area contributed by atoms with Crippen molar-refractivity contribution in [1.82, 2.24) is 4.90 Å². The number of carbonyl (C=O) groups is 2. The number of carbonyl (C=O) groups excluding carboxylic acids is 2. The van der Waals surface area contributed by atoms with E-state index >= 15 is 0 Å². The van der Waals surface area contributed by atoms with Crippen LogP contribution in [-0.4, -0.2) is 29.2 Å². The molecule has 60 valence electrons. The van der Waals surface area contributed by atoms with Gasteiger partial charge >= 0.3 is 0 Å². The second-order valence-electron chi connectivity index (χ2n) is 3.30. The van der Waals surface area contributed by atoms with Crippen LogP contribution in [0.3, 0.4) is 0 Å². The largest absolute Gasteiger partial charge is 0.339 e. The van der Waals surface area contributed by atoms with E-state index in [1.807, 2.05) is 4.90 Å². The highest BCUT2D eigenvalue weighted by Gasteiger charge is 2.35. The third kappa shape index (κ3) is 1.04. The SMILES string of the molecule is O=C1CC(=O)N2CCC[C@@H]2C1. The molecule has 0 spiro atoms. The summed E-state index contributed by atoms with van der Waals surface area (Å²) < 4.78 is 0. The van der Waals surface area contributed by atoms with Crippen molar-refractivity contribution in [3.05, 3.63) is 0 Å². The van der Waals surface area contributed by atoms with Gasteiger partial charge in [-0.25, -0.2) is 0 Å². The van der Waals surface area contributed by atoms with Crippen molar-refractivity contribution in [2.75, 3.05) is 6.54 Å². The molecule has 2 fully saturated rings. The number of ketones is 1. The first kappa shape index (κ1) is 6.83. The number of nitrogens with zero attached hydrogens (tertiary/aromatic N) is 1. The van der Waals surface area contributed by atoms with Crippen LogP contribution in [0, 0.1) is 0 Å². The summed E-state index contributed by atoms with van der Waals surface area (Å²) in [6.45, 7) is 0.872. The zero-order chi connectivity index (χ0) is 7.84. The summed E-state index contributed by atoms with van der Waals surface area (Å²) in [5, 5.41) is 0. The molecule has 0 radical (unpaired) electrons. The van der Waals surface area contributed by atoms with Crippen LogP contribution in [0.2, 0.25) is 0 Å². The minimum atomic E-state index is 0.0451. The fourth-order valence-electron chi connectivity index (χ4n) is 1.98. The summed E-state index contributed by atoms with van der Waals surface area (Å²) in [5.41, 5.74) is 0. The van der Waals surface area contributed by atoms with Crippen LogP contribution in [0.4, 0.5) is 0 Å². The van der Waals surface area contributed by atoms with Gasteiger partial charge in [-0.05, 0) is 12.8 Å². The summed E-state index contributed by atoms with van der Waals surface area (Å²) >= 11 is 0. The average Bonchev–Trinajstić information content (AvgIpc) is 2.34. The van der Waals surface area contributed by atoms with Gasteiger partial charge in [0.05, 0.1) is 6.42 Å². The second kappa shape index (κ2) is 2.32. The van der Waals surface area contributed by atoms with Crippen molar-refractivity contribution in [2.24, 2.45) is 0 Å². The Morgan fingerprint density at radius 3 is 3.00 bits per heavy atom. The molecule has 2 heterocycles. The van der Waals surface area contributed by atoms with Crippen molar-refractivity contribution in [3.8, 4) is 0 Å². The molecule has 3 nitrogen and oxygen atoms in total. The van der Waals surface area contributed by atoms with Crippen molar-refractivity contribution in [1.29, 1.82) is 0 Å². The van der Waals surface area contributed by atoms with Gasteiger partial charge in [0.15, 0.2) is 0 Å². The predicted molar refractivity (Wildman–Crippen MR) is 39.0 cm³/mol. The first-order valence-electron chi connectivity index (χ1n) is 4.08. The molecule has 0 N–H and O–H groups in total. The Bertz CT molecular complexity index is 212. The van der Waals surface area contributed by atoms with Crippen LogP contribution in [0.15, 0.2) is 0 Å². The summed E-state index contributed by atoms with van der Waals surface area (Å²) in [7, 11) is 0. The van der Waals surface area contributed by atoms with Crippen LogP contribution in [0.1, 0.15) is 25.7 Å². The Kier molecular flexibility index (Phi) is 1.44. The lowest BCUT2D eigenvalue weighted by molar-refractivity contribution is -0.140. The highest BCUT2D eigenvalue weighted by atomic mass is 16.2. The third-order valence-corrected chi connectivity index (χ3v) is 2.51. The highest BCUT2D eigenvalue weighted by molar-refractivity contribution is 6.00. The van der Waals surface area contributed by atoms with E-state index < -0.39 is 0 Å². The molecule has 0 aromatic rings. The van der Waals surface area contributed by atoms with Crippen LogP contribution in [0.5, 0.6) is 0 Å². The van der Waals surface area contributed by atoms with Gasteiger partial charge in [-0.3, -0.25) is 9.59 Å². The molecule has 3 heteroatoms. The Morgan fingerprint density at radius 1 is 1.36 bits per heavy atom. The maximum atomic E-state index is 11.2. The van der Waals surface area contributed by atoms with E-state index in [1.165, 1.54) is 0 Å². The number of hydrogen-bond acceptors (Lipinski definition) is 2. The van der Waals surface area contributed by atoms with E-state index in [9.17, 15) is 9.59 Å². The summed E-state index contributed by atoms with van der Waals surface area (Å²) in [6, 6.07) is 0.253. The summed E-state index contributed by atoms with van der Waals surface area (Å²) in [5.74, 6) is 0.168. The lowest BCUT2D eigenvalue weighted by Gasteiger charge is -2.28. The van der Waals surface area contributed by atoms with E-state index in [0.717, 1.165) is 19.4 Å². The molecule has 0 aliphatic carbocycles. The van der Waals surface area contributed by atoms with Gasteiger partial charge in [0.25, 0.3) is 0 Å². The van der Waals surface area contributed by atoms with Gasteiger partial charge in [-0.2, -0.15) is 0 Å². The fourth-order valence-corrected chi connectivity index (χ4v) is 1.98. The normalized spacial score (nSPS) is 30.9. The van der Waals surface area contributed by atoms with Crippen molar-refractivity contribution >= 4 is 11.7 Å². The van der Waals surface area contributed by atoms with Gasteiger partial charge in [0, 0.05) is 19.0 Å². The minimum Gasteiger partial charge on any atom is -0.339 e. The molecule has 2 aliphatic heterocycles. The second-order valence-corrected chi connectivity index (χ2v) is 3.30. The number of hydrogen-bond donors (Lipinski definition) is 0. The standard InChI is InChI=1S/C8H11NO2/c10-7-4-6-2-1-3-9(6)8(11)5-7/h6H,1-5H2/t6-/m1/s1. The zero-order valence-corrected chi connectivity index (χ0v) is 6.38. The fraction of sp³-hybridized carbons (Fsp3) is 0.750. The molecule has 0 unspecified atom stereocenters. The smallest absolute Gasteiger partial charge is 0.230 e. The van der Waals surface area contributed by atoms with Gasteiger partial charge in [0.2, 0.25) is 5.91 Å². The summed E-state index contributed by atoms with van der Waals surface area (Å²) in [4.78, 5) is 24.0. The molecule has 2 rings (SSSR count). The maximum absolute atomic E-state index is 11.2. The third-order valence-electron chi connectivity index (χ3n) is 2.51. The lowest BCUT2D eigenvalue weighted by atomic mass is 10.0. The molecule has 0 bridgehead atoms. The van der Waals surface area contributed by atoms with Gasteiger partial charge in [-0.15, -0.1) is 0 Å². The number of fused-ring (bicyclic) bond motifs is 1. The molecule has 2 saturated heterocycles. The molecular weight excluding hydrogens is 142 g/mol. The molecule has 1 atom stereocenters. The Morgan fingerprint density at radius 2 is 2.18 bits per heavy atom. The van der Waals surface area contributed by atoms with E-state index in [1.54, 1.807) is 0 Å². The molecule has 0 aromatic heterocycles. The quantitative estimate of drug-likeness (QED) is 0.470. The van der Waals surface area contributed by atoms with E-state index in [-0.39, 0.29) is 24.2 Å². The first-order chi connectivity index (χ1) is 5.27. The molecule has 1 amide bonds. The monoisotopic (exact) mass is 153 g/mol. The van der Waals surface area contributed by atoms with Crippen molar-refractivity contribution in [3.63, 3.8) is 0 Å². The lowest BCUT2D eigenvalue weighted by Crippen LogP contribution is -2.42. The van der Waals surface area contributed by atoms with Crippen LogP contribution < -0.4 is 0 Å².